The van der Waals surface area contributed by atoms with Crippen molar-refractivity contribution < 1.29 is 9.26 Å². The molecule has 5 rings (SSSR count). The Bertz CT molecular complexity index is 1330. The van der Waals surface area contributed by atoms with E-state index in [4.69, 9.17) is 20.9 Å². The molecule has 3 aromatic heterocycles. The van der Waals surface area contributed by atoms with Crippen LogP contribution in [0.2, 0.25) is 5.02 Å². The second-order valence-electron chi connectivity index (χ2n) is 7.79. The van der Waals surface area contributed by atoms with Gasteiger partial charge in [-0.05, 0) is 31.0 Å². The third-order valence-corrected chi connectivity index (χ3v) is 6.04. The maximum absolute atomic E-state index is 13.0. The highest BCUT2D eigenvalue weighted by Crippen LogP contribution is 2.37. The van der Waals surface area contributed by atoms with Gasteiger partial charge in [0.25, 0.3) is 5.56 Å². The summed E-state index contributed by atoms with van der Waals surface area (Å²) < 4.78 is 14.7. The highest BCUT2D eigenvalue weighted by atomic mass is 35.5. The Morgan fingerprint density at radius 1 is 1.23 bits per heavy atom. The van der Waals surface area contributed by atoms with E-state index in [9.17, 15) is 4.79 Å². The fourth-order valence-electron chi connectivity index (χ4n) is 3.93. The molecule has 0 N–H and O–H groups in total. The van der Waals surface area contributed by atoms with Crippen molar-refractivity contribution >= 4 is 36.3 Å². The number of aromatic nitrogens is 6. The summed E-state index contributed by atoms with van der Waals surface area (Å²) in [4.78, 5) is 26.3. The van der Waals surface area contributed by atoms with Crippen LogP contribution in [0, 0.1) is 6.92 Å². The minimum absolute atomic E-state index is 0.0244. The molecule has 0 unspecified atom stereocenters. The monoisotopic (exact) mass is 438 g/mol. The molecule has 31 heavy (non-hydrogen) atoms. The number of halogens is 1. The van der Waals surface area contributed by atoms with Crippen LogP contribution in [0.25, 0.3) is 11.2 Å². The molecule has 0 radical (unpaired) electrons. The van der Waals surface area contributed by atoms with Gasteiger partial charge in [-0.1, -0.05) is 28.9 Å². The van der Waals surface area contributed by atoms with Crippen molar-refractivity contribution in [1.29, 1.82) is 0 Å². The third kappa shape index (κ3) is 3.55. The number of aryl methyl sites for hydroxylation is 2. The molecule has 158 valence electrons. The largest absolute Gasteiger partial charge is 0.373 e. The lowest BCUT2D eigenvalue weighted by Gasteiger charge is -2.09. The van der Waals surface area contributed by atoms with Crippen molar-refractivity contribution in [3.05, 3.63) is 62.7 Å². The van der Waals surface area contributed by atoms with Gasteiger partial charge in [-0.15, -0.1) is 0 Å². The first-order valence-electron chi connectivity index (χ1n) is 10.0. The SMILES string of the molecule is Bc1nc2nc(C)n(Cc3nc([C@@H]4CO[C@@H](c5ccc(Cl)cc5)C4)no3)c(=O)c2n1C. The maximum Gasteiger partial charge on any atom is 0.280 e. The number of rotatable bonds is 4. The number of nitrogens with zero attached hydrogens (tertiary/aromatic N) is 6. The second kappa shape index (κ2) is 7.62. The molecule has 0 aliphatic carbocycles. The number of hydrogen-bond donors (Lipinski definition) is 0. The Labute approximate surface area is 183 Å². The zero-order valence-corrected chi connectivity index (χ0v) is 18.1. The van der Waals surface area contributed by atoms with E-state index in [1.54, 1.807) is 18.5 Å². The molecule has 0 saturated carbocycles. The van der Waals surface area contributed by atoms with E-state index in [-0.39, 0.29) is 24.1 Å². The van der Waals surface area contributed by atoms with Crippen LogP contribution in [0.1, 0.15) is 41.5 Å². The van der Waals surface area contributed by atoms with Crippen molar-refractivity contribution in [1.82, 2.24) is 29.2 Å². The smallest absolute Gasteiger partial charge is 0.280 e. The summed E-state index contributed by atoms with van der Waals surface area (Å²) >= 11 is 5.97. The average Bonchev–Trinajstić information content (AvgIpc) is 3.46. The van der Waals surface area contributed by atoms with Crippen molar-refractivity contribution in [3.8, 4) is 0 Å². The first kappa shape index (κ1) is 20.0. The third-order valence-electron chi connectivity index (χ3n) is 5.79. The summed E-state index contributed by atoms with van der Waals surface area (Å²) in [5.74, 6) is 1.51. The molecule has 2 atom stereocenters. The predicted octanol–water partition coefficient (Wildman–Crippen LogP) is 1.03. The summed E-state index contributed by atoms with van der Waals surface area (Å²) in [7, 11) is 3.64. The molecule has 11 heteroatoms. The summed E-state index contributed by atoms with van der Waals surface area (Å²) in [6.07, 6.45) is 0.718. The van der Waals surface area contributed by atoms with Crippen molar-refractivity contribution in [2.45, 2.75) is 31.9 Å². The second-order valence-corrected chi connectivity index (χ2v) is 8.23. The van der Waals surface area contributed by atoms with Gasteiger partial charge in [0.05, 0.1) is 18.4 Å². The fraction of sp³-hybridized carbons (Fsp3) is 0.350. The summed E-state index contributed by atoms with van der Waals surface area (Å²) in [5.41, 5.74) is 2.52. The zero-order chi connectivity index (χ0) is 21.7. The van der Waals surface area contributed by atoms with Crippen LogP contribution >= 0.6 is 11.6 Å². The van der Waals surface area contributed by atoms with Crippen LogP contribution in [0.5, 0.6) is 0 Å². The zero-order valence-electron chi connectivity index (χ0n) is 17.4. The molecule has 0 bridgehead atoms. The van der Waals surface area contributed by atoms with Crippen LogP contribution in [-0.2, 0) is 18.3 Å². The van der Waals surface area contributed by atoms with E-state index in [2.05, 4.69) is 20.1 Å². The molecule has 4 heterocycles. The van der Waals surface area contributed by atoms with E-state index in [0.29, 0.717) is 40.3 Å². The summed E-state index contributed by atoms with van der Waals surface area (Å²) in [6.45, 7) is 2.43. The Morgan fingerprint density at radius 2 is 2.00 bits per heavy atom. The number of benzene rings is 1. The molecular formula is C20H20BClN6O3. The molecule has 0 spiro atoms. The van der Waals surface area contributed by atoms with Gasteiger partial charge in [0, 0.05) is 18.0 Å². The van der Waals surface area contributed by atoms with Crippen LogP contribution in [0.15, 0.2) is 33.6 Å². The summed E-state index contributed by atoms with van der Waals surface area (Å²) in [5, 5.41) is 4.83. The van der Waals surface area contributed by atoms with Crippen LogP contribution in [0.4, 0.5) is 0 Å². The minimum atomic E-state index is -0.183. The number of fused-ring (bicyclic) bond motifs is 1. The molecule has 1 aromatic carbocycles. The topological polar surface area (TPSA) is 101 Å². The minimum Gasteiger partial charge on any atom is -0.373 e. The average molecular weight is 439 g/mol. The molecule has 9 nitrogen and oxygen atoms in total. The first-order chi connectivity index (χ1) is 14.9. The molecule has 4 aromatic rings. The van der Waals surface area contributed by atoms with Gasteiger partial charge >= 0.3 is 0 Å². The van der Waals surface area contributed by atoms with Crippen molar-refractivity contribution in [2.24, 2.45) is 7.05 Å². The maximum atomic E-state index is 13.0. The Kier molecular flexibility index (Phi) is 4.90. The standard InChI is InChI=1S/C20H20BClN6O3/c1-10-23-18-16(27(2)20(21)25-18)19(29)28(10)8-15-24-17(26-31-15)12-7-14(30-9-12)11-3-5-13(22)6-4-11/h3-6,12,14H,7-9,21H2,1-2H3/t12-,14+/m0/s1. The van der Waals surface area contributed by atoms with Crippen LogP contribution in [0.3, 0.4) is 0 Å². The number of imidazole rings is 1. The normalized spacial score (nSPS) is 18.8. The van der Waals surface area contributed by atoms with Crippen molar-refractivity contribution in [2.75, 3.05) is 6.61 Å². The first-order valence-corrected chi connectivity index (χ1v) is 10.4. The van der Waals surface area contributed by atoms with E-state index < -0.39 is 0 Å². The molecule has 1 fully saturated rings. The van der Waals surface area contributed by atoms with Gasteiger partial charge in [-0.25, -0.2) is 9.97 Å². The van der Waals surface area contributed by atoms with E-state index in [1.807, 2.05) is 32.1 Å². The van der Waals surface area contributed by atoms with Crippen LogP contribution < -0.4 is 11.3 Å². The molecule has 1 saturated heterocycles. The fourth-order valence-corrected chi connectivity index (χ4v) is 4.06. The molecular weight excluding hydrogens is 419 g/mol. The van der Waals surface area contributed by atoms with Crippen molar-refractivity contribution in [3.63, 3.8) is 0 Å². The molecule has 1 aliphatic heterocycles. The van der Waals surface area contributed by atoms with Gasteiger partial charge < -0.3 is 13.8 Å². The van der Waals surface area contributed by atoms with Gasteiger partial charge in [0.15, 0.2) is 24.8 Å². The molecule has 0 amide bonds. The van der Waals surface area contributed by atoms with Gasteiger partial charge in [0.1, 0.15) is 12.4 Å². The Balaban J connectivity index is 1.37. The highest BCUT2D eigenvalue weighted by Gasteiger charge is 2.31. The van der Waals surface area contributed by atoms with Gasteiger partial charge in [-0.3, -0.25) is 9.36 Å². The Morgan fingerprint density at radius 3 is 2.77 bits per heavy atom. The summed E-state index contributed by atoms with van der Waals surface area (Å²) in [6, 6.07) is 7.65. The van der Waals surface area contributed by atoms with Gasteiger partial charge in [-0.2, -0.15) is 4.98 Å². The van der Waals surface area contributed by atoms with E-state index in [0.717, 1.165) is 17.7 Å². The number of ether oxygens (including phenoxy) is 1. The lowest BCUT2D eigenvalue weighted by Crippen LogP contribution is -2.27. The quantitative estimate of drug-likeness (QED) is 0.439. The lowest BCUT2D eigenvalue weighted by atomic mass is 10.0. The van der Waals surface area contributed by atoms with E-state index in [1.165, 1.54) is 4.57 Å². The van der Waals surface area contributed by atoms with Crippen LogP contribution in [-0.4, -0.2) is 43.7 Å². The molecule has 1 aliphatic rings. The van der Waals surface area contributed by atoms with Gasteiger partial charge in [0.2, 0.25) is 5.89 Å². The number of hydrogen-bond acceptors (Lipinski definition) is 7. The van der Waals surface area contributed by atoms with E-state index >= 15 is 0 Å². The Hall–Kier alpha value is -2.98. The highest BCUT2D eigenvalue weighted by molar-refractivity contribution is 6.30. The lowest BCUT2D eigenvalue weighted by molar-refractivity contribution is 0.110. The predicted molar refractivity (Wildman–Crippen MR) is 117 cm³/mol.